The Kier molecular flexibility index (Phi) is 3.79. The molecular formula is C13H15N3O3. The fourth-order valence-corrected chi connectivity index (χ4v) is 1.77. The highest BCUT2D eigenvalue weighted by Gasteiger charge is 2.30. The van der Waals surface area contributed by atoms with Gasteiger partial charge in [0, 0.05) is 6.54 Å². The third kappa shape index (κ3) is 3.54. The molecule has 0 radical (unpaired) electrons. The second-order valence-corrected chi connectivity index (χ2v) is 4.48. The summed E-state index contributed by atoms with van der Waals surface area (Å²) in [4.78, 5) is 33.8. The quantitative estimate of drug-likeness (QED) is 0.677. The maximum Gasteiger partial charge on any atom is 0.322 e. The molecule has 0 saturated carbocycles. The van der Waals surface area contributed by atoms with E-state index in [2.05, 4.69) is 16.0 Å². The number of amides is 4. The number of nitrogens with one attached hydrogen (secondary N) is 3. The molecular weight excluding hydrogens is 246 g/mol. The van der Waals surface area contributed by atoms with Gasteiger partial charge in [0.05, 0.1) is 6.42 Å². The number of hydrogen-bond donors (Lipinski definition) is 3. The summed E-state index contributed by atoms with van der Waals surface area (Å²) in [7, 11) is 0. The van der Waals surface area contributed by atoms with Gasteiger partial charge in [0.2, 0.25) is 5.91 Å². The van der Waals surface area contributed by atoms with Crippen LogP contribution in [0, 0.1) is 6.92 Å². The first-order valence-electron chi connectivity index (χ1n) is 5.98. The van der Waals surface area contributed by atoms with Crippen molar-refractivity contribution in [2.75, 3.05) is 0 Å². The molecule has 0 aromatic heterocycles. The topological polar surface area (TPSA) is 87.3 Å². The molecule has 0 spiro atoms. The van der Waals surface area contributed by atoms with E-state index in [0.29, 0.717) is 6.54 Å². The standard InChI is InChI=1S/C13H15N3O3/c1-8-2-4-9(5-3-8)7-14-11(17)6-10-12(18)16-13(19)15-10/h2-5,10H,6-7H2,1H3,(H,14,17)(H2,15,16,18,19). The predicted octanol–water partition coefficient (Wildman–Crippen LogP) is 0.209. The third-order valence-electron chi connectivity index (χ3n) is 2.86. The molecule has 6 nitrogen and oxygen atoms in total. The third-order valence-corrected chi connectivity index (χ3v) is 2.86. The van der Waals surface area contributed by atoms with Gasteiger partial charge >= 0.3 is 6.03 Å². The summed E-state index contributed by atoms with van der Waals surface area (Å²) >= 11 is 0. The van der Waals surface area contributed by atoms with Gasteiger partial charge in [-0.25, -0.2) is 4.79 Å². The number of imide groups is 1. The number of rotatable bonds is 4. The van der Waals surface area contributed by atoms with E-state index >= 15 is 0 Å². The van der Waals surface area contributed by atoms with Gasteiger partial charge in [0.25, 0.3) is 5.91 Å². The van der Waals surface area contributed by atoms with Gasteiger partial charge in [-0.2, -0.15) is 0 Å². The molecule has 1 unspecified atom stereocenters. The lowest BCUT2D eigenvalue weighted by molar-refractivity contribution is -0.126. The minimum atomic E-state index is -0.773. The molecule has 4 amide bonds. The molecule has 0 aliphatic carbocycles. The summed E-state index contributed by atoms with van der Waals surface area (Å²) in [6, 6.07) is 6.46. The summed E-state index contributed by atoms with van der Waals surface area (Å²) in [5, 5.41) is 7.17. The molecule has 1 aliphatic rings. The molecule has 1 aliphatic heterocycles. The SMILES string of the molecule is Cc1ccc(CNC(=O)CC2NC(=O)NC2=O)cc1. The maximum absolute atomic E-state index is 11.6. The molecule has 6 heteroatoms. The van der Waals surface area contributed by atoms with Gasteiger partial charge in [0.15, 0.2) is 0 Å². The molecule has 1 saturated heterocycles. The lowest BCUT2D eigenvalue weighted by atomic mass is 10.1. The summed E-state index contributed by atoms with van der Waals surface area (Å²) in [6.07, 6.45) is -0.0521. The number of hydrogen-bond acceptors (Lipinski definition) is 3. The van der Waals surface area contributed by atoms with E-state index in [9.17, 15) is 14.4 Å². The molecule has 0 bridgehead atoms. The summed E-state index contributed by atoms with van der Waals surface area (Å²) in [6.45, 7) is 2.39. The van der Waals surface area contributed by atoms with Crippen LogP contribution < -0.4 is 16.0 Å². The average molecular weight is 261 g/mol. The Morgan fingerprint density at radius 3 is 2.53 bits per heavy atom. The molecule has 1 fully saturated rings. The zero-order chi connectivity index (χ0) is 13.8. The summed E-state index contributed by atoms with van der Waals surface area (Å²) in [5.41, 5.74) is 2.14. The van der Waals surface area contributed by atoms with Crippen LogP contribution in [-0.2, 0) is 16.1 Å². The zero-order valence-corrected chi connectivity index (χ0v) is 10.5. The van der Waals surface area contributed by atoms with E-state index in [-0.39, 0.29) is 12.3 Å². The van der Waals surface area contributed by atoms with Crippen molar-refractivity contribution in [3.05, 3.63) is 35.4 Å². The van der Waals surface area contributed by atoms with Crippen LogP contribution in [0.1, 0.15) is 17.5 Å². The summed E-state index contributed by atoms with van der Waals surface area (Å²) in [5.74, 6) is -0.738. The van der Waals surface area contributed by atoms with E-state index in [1.807, 2.05) is 31.2 Å². The van der Waals surface area contributed by atoms with E-state index in [1.54, 1.807) is 0 Å². The second kappa shape index (κ2) is 5.51. The number of carbonyl (C=O) groups excluding carboxylic acids is 3. The molecule has 1 aromatic carbocycles. The Balaban J connectivity index is 1.80. The van der Waals surface area contributed by atoms with Crippen molar-refractivity contribution in [3.8, 4) is 0 Å². The van der Waals surface area contributed by atoms with E-state index in [4.69, 9.17) is 0 Å². The molecule has 1 atom stereocenters. The Morgan fingerprint density at radius 1 is 1.26 bits per heavy atom. The Morgan fingerprint density at radius 2 is 1.95 bits per heavy atom. The normalized spacial score (nSPS) is 17.8. The Hall–Kier alpha value is -2.37. The van der Waals surface area contributed by atoms with Crippen LogP contribution in [-0.4, -0.2) is 23.9 Å². The van der Waals surface area contributed by atoms with Gasteiger partial charge in [0.1, 0.15) is 6.04 Å². The lowest BCUT2D eigenvalue weighted by Gasteiger charge is -2.08. The van der Waals surface area contributed by atoms with Gasteiger partial charge in [-0.05, 0) is 12.5 Å². The number of aryl methyl sites for hydroxylation is 1. The van der Waals surface area contributed by atoms with Crippen LogP contribution in [0.15, 0.2) is 24.3 Å². The van der Waals surface area contributed by atoms with Gasteiger partial charge in [-0.3, -0.25) is 14.9 Å². The van der Waals surface area contributed by atoms with Gasteiger partial charge in [-0.1, -0.05) is 29.8 Å². The van der Waals surface area contributed by atoms with E-state index < -0.39 is 18.0 Å². The average Bonchev–Trinajstić information content (AvgIpc) is 2.67. The van der Waals surface area contributed by atoms with Crippen LogP contribution >= 0.6 is 0 Å². The van der Waals surface area contributed by atoms with E-state index in [0.717, 1.165) is 11.1 Å². The van der Waals surface area contributed by atoms with Crippen LogP contribution in [0.2, 0.25) is 0 Å². The number of carbonyl (C=O) groups is 3. The molecule has 100 valence electrons. The van der Waals surface area contributed by atoms with Crippen LogP contribution in [0.4, 0.5) is 4.79 Å². The predicted molar refractivity (Wildman–Crippen MR) is 68.1 cm³/mol. The van der Waals surface area contributed by atoms with Crippen LogP contribution in [0.25, 0.3) is 0 Å². The molecule has 1 heterocycles. The fraction of sp³-hybridized carbons (Fsp3) is 0.308. The number of urea groups is 1. The highest BCUT2D eigenvalue weighted by atomic mass is 16.2. The second-order valence-electron chi connectivity index (χ2n) is 4.48. The largest absolute Gasteiger partial charge is 0.352 e. The van der Waals surface area contributed by atoms with Crippen molar-refractivity contribution in [1.29, 1.82) is 0 Å². The minimum Gasteiger partial charge on any atom is -0.352 e. The molecule has 2 rings (SSSR count). The lowest BCUT2D eigenvalue weighted by Crippen LogP contribution is -2.36. The highest BCUT2D eigenvalue weighted by molar-refractivity contribution is 6.05. The van der Waals surface area contributed by atoms with Crippen LogP contribution in [0.5, 0.6) is 0 Å². The molecule has 1 aromatic rings. The zero-order valence-electron chi connectivity index (χ0n) is 10.5. The summed E-state index contributed by atoms with van der Waals surface area (Å²) < 4.78 is 0. The Labute approximate surface area is 110 Å². The minimum absolute atomic E-state index is 0.0521. The first-order valence-corrected chi connectivity index (χ1v) is 5.98. The first-order chi connectivity index (χ1) is 9.04. The Bertz CT molecular complexity index is 510. The van der Waals surface area contributed by atoms with Crippen molar-refractivity contribution in [2.24, 2.45) is 0 Å². The van der Waals surface area contributed by atoms with Crippen molar-refractivity contribution in [2.45, 2.75) is 25.9 Å². The van der Waals surface area contributed by atoms with Crippen molar-refractivity contribution in [1.82, 2.24) is 16.0 Å². The van der Waals surface area contributed by atoms with Crippen molar-refractivity contribution >= 4 is 17.8 Å². The maximum atomic E-state index is 11.6. The molecule has 19 heavy (non-hydrogen) atoms. The molecule has 3 N–H and O–H groups in total. The first kappa shape index (κ1) is 13.1. The smallest absolute Gasteiger partial charge is 0.322 e. The monoisotopic (exact) mass is 261 g/mol. The number of benzene rings is 1. The van der Waals surface area contributed by atoms with Gasteiger partial charge in [-0.15, -0.1) is 0 Å². The van der Waals surface area contributed by atoms with Crippen molar-refractivity contribution < 1.29 is 14.4 Å². The van der Waals surface area contributed by atoms with Crippen molar-refractivity contribution in [3.63, 3.8) is 0 Å². The van der Waals surface area contributed by atoms with Gasteiger partial charge < -0.3 is 10.6 Å². The van der Waals surface area contributed by atoms with Crippen LogP contribution in [0.3, 0.4) is 0 Å². The highest BCUT2D eigenvalue weighted by Crippen LogP contribution is 2.03. The van der Waals surface area contributed by atoms with E-state index in [1.165, 1.54) is 0 Å². The fourth-order valence-electron chi connectivity index (χ4n) is 1.77.